The van der Waals surface area contributed by atoms with Crippen LogP contribution in [-0.2, 0) is 27.3 Å². The van der Waals surface area contributed by atoms with Gasteiger partial charge in [-0.15, -0.1) is 0 Å². The Morgan fingerprint density at radius 1 is 1.00 bits per heavy atom. The van der Waals surface area contributed by atoms with Gasteiger partial charge in [-0.3, -0.25) is 19.3 Å². The number of amides is 3. The van der Waals surface area contributed by atoms with E-state index in [1.807, 2.05) is 24.0 Å². The Hall–Kier alpha value is -3.41. The van der Waals surface area contributed by atoms with Crippen molar-refractivity contribution in [2.45, 2.75) is 26.8 Å². The van der Waals surface area contributed by atoms with E-state index in [1.54, 1.807) is 24.3 Å². The topological polar surface area (TPSA) is 69.7 Å². The number of anilines is 1. The first kappa shape index (κ1) is 18.9. The molecular weight excluding hydrogens is 366 g/mol. The summed E-state index contributed by atoms with van der Waals surface area (Å²) in [7, 11) is 0. The molecule has 1 N–H and O–H groups in total. The molecule has 0 aromatic heterocycles. The van der Waals surface area contributed by atoms with E-state index in [4.69, 9.17) is 0 Å². The second-order valence-corrected chi connectivity index (χ2v) is 7.28. The van der Waals surface area contributed by atoms with Crippen LogP contribution in [0.5, 0.6) is 0 Å². The van der Waals surface area contributed by atoms with Crippen LogP contribution in [0.15, 0.2) is 54.2 Å². The summed E-state index contributed by atoms with van der Waals surface area (Å²) >= 11 is 0. The molecule has 2 aromatic carbocycles. The maximum Gasteiger partial charge on any atom is 0.277 e. The van der Waals surface area contributed by atoms with Gasteiger partial charge in [0.2, 0.25) is 5.91 Å². The molecule has 0 bridgehead atoms. The lowest BCUT2D eigenvalue weighted by molar-refractivity contribution is -0.137. The molecule has 6 heteroatoms. The van der Waals surface area contributed by atoms with Crippen LogP contribution in [0.4, 0.5) is 5.69 Å². The van der Waals surface area contributed by atoms with E-state index in [0.717, 1.165) is 6.42 Å². The average Bonchev–Trinajstić information content (AvgIpc) is 2.97. The first-order valence-corrected chi connectivity index (χ1v) is 9.79. The fourth-order valence-electron chi connectivity index (χ4n) is 4.01. The number of hydrogen-bond donors (Lipinski definition) is 1. The van der Waals surface area contributed by atoms with Gasteiger partial charge in [-0.1, -0.05) is 36.4 Å². The Morgan fingerprint density at radius 2 is 1.69 bits per heavy atom. The van der Waals surface area contributed by atoms with Crippen LogP contribution in [0.25, 0.3) is 5.57 Å². The summed E-state index contributed by atoms with van der Waals surface area (Å²) in [5.74, 6) is -0.662. The van der Waals surface area contributed by atoms with Crippen LogP contribution in [-0.4, -0.2) is 40.6 Å². The molecule has 2 aromatic rings. The lowest BCUT2D eigenvalue weighted by Crippen LogP contribution is -2.37. The lowest BCUT2D eigenvalue weighted by atomic mass is 9.97. The average molecular weight is 389 g/mol. The van der Waals surface area contributed by atoms with Gasteiger partial charge in [-0.05, 0) is 42.2 Å². The minimum atomic E-state index is -0.265. The number of carbonyl (C=O) groups excluding carboxylic acids is 3. The summed E-state index contributed by atoms with van der Waals surface area (Å²) in [6.45, 7) is 4.88. The minimum Gasteiger partial charge on any atom is -0.362 e. The maximum atomic E-state index is 13.1. The van der Waals surface area contributed by atoms with Crippen LogP contribution in [0.1, 0.15) is 30.5 Å². The molecule has 29 heavy (non-hydrogen) atoms. The van der Waals surface area contributed by atoms with E-state index in [-0.39, 0.29) is 17.7 Å². The molecular formula is C23H23N3O3. The molecule has 0 unspecified atom stereocenters. The zero-order valence-electron chi connectivity index (χ0n) is 16.6. The maximum absolute atomic E-state index is 13.1. The number of fused-ring (bicyclic) bond motifs is 1. The number of benzene rings is 2. The summed E-state index contributed by atoms with van der Waals surface area (Å²) in [5.41, 5.74) is 4.71. The summed E-state index contributed by atoms with van der Waals surface area (Å²) in [4.78, 5) is 40.7. The molecule has 6 nitrogen and oxygen atoms in total. The molecule has 0 spiro atoms. The number of rotatable bonds is 4. The first-order chi connectivity index (χ1) is 14.0. The van der Waals surface area contributed by atoms with Crippen molar-refractivity contribution in [1.29, 1.82) is 0 Å². The van der Waals surface area contributed by atoms with Gasteiger partial charge < -0.3 is 10.2 Å². The van der Waals surface area contributed by atoms with Crippen molar-refractivity contribution in [3.05, 3.63) is 70.9 Å². The molecule has 148 valence electrons. The highest BCUT2D eigenvalue weighted by atomic mass is 16.2. The molecule has 0 saturated carbocycles. The van der Waals surface area contributed by atoms with Crippen LogP contribution in [0.3, 0.4) is 0 Å². The van der Waals surface area contributed by atoms with Crippen molar-refractivity contribution in [2.24, 2.45) is 0 Å². The van der Waals surface area contributed by atoms with E-state index < -0.39 is 0 Å². The molecule has 2 aliphatic rings. The lowest BCUT2D eigenvalue weighted by Gasteiger charge is -2.31. The SMILES string of the molecule is CCN1C(=O)C(c2ccc(NC(C)=O)cc2)=C(N2CCc3ccccc3C2)C1=O. The zero-order valence-corrected chi connectivity index (χ0v) is 16.6. The predicted octanol–water partition coefficient (Wildman–Crippen LogP) is 2.80. The van der Waals surface area contributed by atoms with Gasteiger partial charge in [0, 0.05) is 32.2 Å². The van der Waals surface area contributed by atoms with Gasteiger partial charge >= 0.3 is 0 Å². The van der Waals surface area contributed by atoms with Crippen molar-refractivity contribution in [1.82, 2.24) is 9.80 Å². The third-order valence-corrected chi connectivity index (χ3v) is 5.40. The number of imide groups is 1. The summed E-state index contributed by atoms with van der Waals surface area (Å²) < 4.78 is 0. The van der Waals surface area contributed by atoms with E-state index in [0.29, 0.717) is 42.2 Å². The minimum absolute atomic E-state index is 0.158. The number of nitrogens with one attached hydrogen (secondary N) is 1. The van der Waals surface area contributed by atoms with Crippen LogP contribution < -0.4 is 5.32 Å². The Kier molecular flexibility index (Phi) is 4.92. The number of likely N-dealkylation sites (N-methyl/N-ethyl adjacent to an activating group) is 1. The molecule has 0 fully saturated rings. The van der Waals surface area contributed by atoms with Gasteiger partial charge in [-0.2, -0.15) is 0 Å². The van der Waals surface area contributed by atoms with Gasteiger partial charge in [-0.25, -0.2) is 0 Å². The highest BCUT2D eigenvalue weighted by Crippen LogP contribution is 2.34. The van der Waals surface area contributed by atoms with E-state index in [2.05, 4.69) is 17.4 Å². The smallest absolute Gasteiger partial charge is 0.277 e. The van der Waals surface area contributed by atoms with Crippen LogP contribution in [0.2, 0.25) is 0 Å². The second kappa shape index (κ2) is 7.54. The third kappa shape index (κ3) is 3.42. The fourth-order valence-corrected chi connectivity index (χ4v) is 4.01. The van der Waals surface area contributed by atoms with E-state index in [9.17, 15) is 14.4 Å². The quantitative estimate of drug-likeness (QED) is 0.817. The molecule has 3 amide bonds. The number of hydrogen-bond acceptors (Lipinski definition) is 4. The Bertz CT molecular complexity index is 1020. The molecule has 0 aliphatic carbocycles. The summed E-state index contributed by atoms with van der Waals surface area (Å²) in [6.07, 6.45) is 0.835. The molecule has 2 heterocycles. The van der Waals surface area contributed by atoms with Crippen molar-refractivity contribution < 1.29 is 14.4 Å². The van der Waals surface area contributed by atoms with Crippen LogP contribution >= 0.6 is 0 Å². The fraction of sp³-hybridized carbons (Fsp3) is 0.261. The second-order valence-electron chi connectivity index (χ2n) is 7.28. The zero-order chi connectivity index (χ0) is 20.5. The summed E-state index contributed by atoms with van der Waals surface area (Å²) in [6, 6.07) is 15.3. The molecule has 0 radical (unpaired) electrons. The number of nitrogens with zero attached hydrogens (tertiary/aromatic N) is 2. The van der Waals surface area contributed by atoms with Crippen molar-refractivity contribution in [3.63, 3.8) is 0 Å². The van der Waals surface area contributed by atoms with Gasteiger partial charge in [0.1, 0.15) is 5.70 Å². The molecule has 4 rings (SSSR count). The largest absolute Gasteiger partial charge is 0.362 e. The van der Waals surface area contributed by atoms with Crippen molar-refractivity contribution in [3.8, 4) is 0 Å². The standard InChI is InChI=1S/C23H23N3O3/c1-3-26-22(28)20(17-8-10-19(11-9-17)24-15(2)27)21(23(26)29)25-13-12-16-6-4-5-7-18(16)14-25/h4-11H,3,12-14H2,1-2H3,(H,24,27). The first-order valence-electron chi connectivity index (χ1n) is 9.79. The summed E-state index contributed by atoms with van der Waals surface area (Å²) in [5, 5.41) is 2.72. The van der Waals surface area contributed by atoms with Gasteiger partial charge in [0.25, 0.3) is 11.8 Å². The van der Waals surface area contributed by atoms with E-state index >= 15 is 0 Å². The molecule has 0 atom stereocenters. The van der Waals surface area contributed by atoms with E-state index in [1.165, 1.54) is 23.0 Å². The third-order valence-electron chi connectivity index (χ3n) is 5.40. The molecule has 2 aliphatic heterocycles. The van der Waals surface area contributed by atoms with Gasteiger partial charge in [0.15, 0.2) is 0 Å². The molecule has 0 saturated heterocycles. The number of carbonyl (C=O) groups is 3. The Morgan fingerprint density at radius 3 is 2.34 bits per heavy atom. The van der Waals surface area contributed by atoms with Crippen LogP contribution in [0, 0.1) is 0 Å². The highest BCUT2D eigenvalue weighted by Gasteiger charge is 2.41. The monoisotopic (exact) mass is 389 g/mol. The van der Waals surface area contributed by atoms with Crippen molar-refractivity contribution in [2.75, 3.05) is 18.4 Å². The Labute approximate surface area is 169 Å². The predicted molar refractivity (Wildman–Crippen MR) is 111 cm³/mol. The Balaban J connectivity index is 1.75. The highest BCUT2D eigenvalue weighted by molar-refractivity contribution is 6.35. The van der Waals surface area contributed by atoms with Crippen molar-refractivity contribution >= 4 is 29.0 Å². The normalized spacial score (nSPS) is 16.3. The van der Waals surface area contributed by atoms with Gasteiger partial charge in [0.05, 0.1) is 5.57 Å².